The van der Waals surface area contributed by atoms with E-state index in [1.165, 1.54) is 12.8 Å². The van der Waals surface area contributed by atoms with Crippen molar-refractivity contribution in [3.63, 3.8) is 0 Å². The highest BCUT2D eigenvalue weighted by Gasteiger charge is 2.31. The fourth-order valence-electron chi connectivity index (χ4n) is 2.00. The summed E-state index contributed by atoms with van der Waals surface area (Å²) >= 11 is 0. The summed E-state index contributed by atoms with van der Waals surface area (Å²) in [5, 5.41) is 0. The standard InChI is InChI=1S/C10H18N2O/c1-2-10(13)12-7-5-11(6-8-12)9-3-4-9/h9H,2-8H2,1H3. The zero-order valence-electron chi connectivity index (χ0n) is 8.33. The van der Waals surface area contributed by atoms with Gasteiger partial charge in [0.05, 0.1) is 0 Å². The van der Waals surface area contributed by atoms with Gasteiger partial charge >= 0.3 is 0 Å². The maximum absolute atomic E-state index is 11.4. The van der Waals surface area contributed by atoms with Gasteiger partial charge in [-0.25, -0.2) is 0 Å². The maximum atomic E-state index is 11.4. The van der Waals surface area contributed by atoms with Crippen molar-refractivity contribution >= 4 is 5.91 Å². The molecule has 1 amide bonds. The first-order chi connectivity index (χ1) is 6.31. The molecule has 0 spiro atoms. The highest BCUT2D eigenvalue weighted by molar-refractivity contribution is 5.75. The van der Waals surface area contributed by atoms with Crippen LogP contribution in [0, 0.1) is 0 Å². The summed E-state index contributed by atoms with van der Waals surface area (Å²) in [6, 6.07) is 0.860. The Bertz CT molecular complexity index is 193. The van der Waals surface area contributed by atoms with E-state index in [1.807, 2.05) is 11.8 Å². The predicted molar refractivity (Wildman–Crippen MR) is 51.5 cm³/mol. The molecule has 13 heavy (non-hydrogen) atoms. The molecule has 0 aromatic heterocycles. The fraction of sp³-hybridized carbons (Fsp3) is 0.900. The Labute approximate surface area is 79.7 Å². The molecule has 0 aromatic carbocycles. The van der Waals surface area contributed by atoms with E-state index >= 15 is 0 Å². The second-order valence-electron chi connectivity index (χ2n) is 4.00. The molecule has 0 unspecified atom stereocenters. The summed E-state index contributed by atoms with van der Waals surface area (Å²) in [6.07, 6.45) is 3.41. The number of carbonyl (C=O) groups is 1. The molecule has 2 aliphatic rings. The van der Waals surface area contributed by atoms with E-state index in [9.17, 15) is 4.79 Å². The van der Waals surface area contributed by atoms with Crippen molar-refractivity contribution in [2.24, 2.45) is 0 Å². The smallest absolute Gasteiger partial charge is 0.222 e. The Kier molecular flexibility index (Phi) is 2.54. The molecule has 0 atom stereocenters. The lowest BCUT2D eigenvalue weighted by Gasteiger charge is -2.34. The minimum absolute atomic E-state index is 0.315. The number of amides is 1. The molecule has 1 aliphatic carbocycles. The molecule has 1 saturated carbocycles. The van der Waals surface area contributed by atoms with Crippen LogP contribution in [0.4, 0.5) is 0 Å². The lowest BCUT2D eigenvalue weighted by atomic mass is 10.3. The number of rotatable bonds is 2. The topological polar surface area (TPSA) is 23.6 Å². The van der Waals surface area contributed by atoms with E-state index in [2.05, 4.69) is 4.90 Å². The highest BCUT2D eigenvalue weighted by Crippen LogP contribution is 2.27. The van der Waals surface area contributed by atoms with Gasteiger partial charge in [0.15, 0.2) is 0 Å². The normalized spacial score (nSPS) is 24.8. The lowest BCUT2D eigenvalue weighted by Crippen LogP contribution is -2.49. The molecule has 0 radical (unpaired) electrons. The zero-order valence-corrected chi connectivity index (χ0v) is 8.33. The Hall–Kier alpha value is -0.570. The third-order valence-electron chi connectivity index (χ3n) is 3.03. The summed E-state index contributed by atoms with van der Waals surface area (Å²) in [5.74, 6) is 0.315. The second kappa shape index (κ2) is 3.66. The minimum atomic E-state index is 0.315. The van der Waals surface area contributed by atoms with Gasteiger partial charge in [0.2, 0.25) is 5.91 Å². The van der Waals surface area contributed by atoms with Crippen LogP contribution >= 0.6 is 0 Å². The average molecular weight is 182 g/mol. The average Bonchev–Trinajstić information content (AvgIpc) is 3.00. The summed E-state index contributed by atoms with van der Waals surface area (Å²) < 4.78 is 0. The lowest BCUT2D eigenvalue weighted by molar-refractivity contribution is -0.132. The monoisotopic (exact) mass is 182 g/mol. The van der Waals surface area contributed by atoms with Crippen LogP contribution in [0.3, 0.4) is 0 Å². The van der Waals surface area contributed by atoms with Crippen molar-refractivity contribution in [1.82, 2.24) is 9.80 Å². The molecule has 2 fully saturated rings. The second-order valence-corrected chi connectivity index (χ2v) is 4.00. The Balaban J connectivity index is 1.78. The van der Waals surface area contributed by atoms with Crippen LogP contribution < -0.4 is 0 Å². The van der Waals surface area contributed by atoms with Crippen LogP contribution in [0.1, 0.15) is 26.2 Å². The molecule has 1 saturated heterocycles. The minimum Gasteiger partial charge on any atom is -0.340 e. The van der Waals surface area contributed by atoms with E-state index in [4.69, 9.17) is 0 Å². The zero-order chi connectivity index (χ0) is 9.26. The third-order valence-corrected chi connectivity index (χ3v) is 3.03. The van der Waals surface area contributed by atoms with Gasteiger partial charge < -0.3 is 4.90 Å². The number of hydrogen-bond donors (Lipinski definition) is 0. The van der Waals surface area contributed by atoms with E-state index in [0.717, 1.165) is 32.2 Å². The molecule has 3 nitrogen and oxygen atoms in total. The number of hydrogen-bond acceptors (Lipinski definition) is 2. The van der Waals surface area contributed by atoms with E-state index in [0.29, 0.717) is 12.3 Å². The number of nitrogens with zero attached hydrogens (tertiary/aromatic N) is 2. The molecule has 2 rings (SSSR count). The Morgan fingerprint density at radius 1 is 1.23 bits per heavy atom. The van der Waals surface area contributed by atoms with Gasteiger partial charge in [-0.15, -0.1) is 0 Å². The quantitative estimate of drug-likeness (QED) is 0.627. The van der Waals surface area contributed by atoms with Crippen LogP contribution in [0.5, 0.6) is 0 Å². The van der Waals surface area contributed by atoms with Crippen LogP contribution in [-0.4, -0.2) is 47.9 Å². The first-order valence-electron chi connectivity index (χ1n) is 5.33. The molecule has 0 bridgehead atoms. The first-order valence-corrected chi connectivity index (χ1v) is 5.33. The van der Waals surface area contributed by atoms with Gasteiger partial charge in [-0.05, 0) is 12.8 Å². The van der Waals surface area contributed by atoms with Crippen LogP contribution in [0.2, 0.25) is 0 Å². The summed E-state index contributed by atoms with van der Waals surface area (Å²) in [7, 11) is 0. The molecular weight excluding hydrogens is 164 g/mol. The SMILES string of the molecule is CCC(=O)N1CCN(C2CC2)CC1. The largest absolute Gasteiger partial charge is 0.340 e. The third kappa shape index (κ3) is 2.02. The van der Waals surface area contributed by atoms with Crippen LogP contribution in [-0.2, 0) is 4.79 Å². The van der Waals surface area contributed by atoms with E-state index in [-0.39, 0.29) is 0 Å². The molecule has 0 N–H and O–H groups in total. The van der Waals surface area contributed by atoms with Gasteiger partial charge in [0.25, 0.3) is 0 Å². The molecular formula is C10H18N2O. The Morgan fingerprint density at radius 2 is 1.85 bits per heavy atom. The van der Waals surface area contributed by atoms with Crippen LogP contribution in [0.15, 0.2) is 0 Å². The fourth-order valence-corrected chi connectivity index (χ4v) is 2.00. The van der Waals surface area contributed by atoms with Gasteiger partial charge in [-0.2, -0.15) is 0 Å². The van der Waals surface area contributed by atoms with Gasteiger partial charge in [0, 0.05) is 38.6 Å². The summed E-state index contributed by atoms with van der Waals surface area (Å²) in [6.45, 7) is 6.02. The molecule has 1 aliphatic heterocycles. The van der Waals surface area contributed by atoms with Crippen molar-refractivity contribution in [2.45, 2.75) is 32.2 Å². The molecule has 0 aromatic rings. The first kappa shape index (κ1) is 9.00. The van der Waals surface area contributed by atoms with Crippen molar-refractivity contribution in [2.75, 3.05) is 26.2 Å². The summed E-state index contributed by atoms with van der Waals surface area (Å²) in [4.78, 5) is 15.9. The maximum Gasteiger partial charge on any atom is 0.222 e. The van der Waals surface area contributed by atoms with Crippen molar-refractivity contribution in [3.05, 3.63) is 0 Å². The van der Waals surface area contributed by atoms with Crippen LogP contribution in [0.25, 0.3) is 0 Å². The summed E-state index contributed by atoms with van der Waals surface area (Å²) in [5.41, 5.74) is 0. The molecule has 3 heteroatoms. The van der Waals surface area contributed by atoms with E-state index in [1.54, 1.807) is 0 Å². The number of piperazine rings is 1. The van der Waals surface area contributed by atoms with Crippen molar-refractivity contribution < 1.29 is 4.79 Å². The van der Waals surface area contributed by atoms with Crippen molar-refractivity contribution in [1.29, 1.82) is 0 Å². The van der Waals surface area contributed by atoms with E-state index < -0.39 is 0 Å². The van der Waals surface area contributed by atoms with Crippen molar-refractivity contribution in [3.8, 4) is 0 Å². The Morgan fingerprint density at radius 3 is 2.31 bits per heavy atom. The van der Waals surface area contributed by atoms with Gasteiger partial charge in [-0.1, -0.05) is 6.92 Å². The number of carbonyl (C=O) groups excluding carboxylic acids is 1. The van der Waals surface area contributed by atoms with Gasteiger partial charge in [0.1, 0.15) is 0 Å². The highest BCUT2D eigenvalue weighted by atomic mass is 16.2. The predicted octanol–water partition coefficient (Wildman–Crippen LogP) is 0.703. The molecule has 1 heterocycles. The van der Waals surface area contributed by atoms with Gasteiger partial charge in [-0.3, -0.25) is 9.69 Å². The molecule has 74 valence electrons.